The molecule has 0 atom stereocenters. The van der Waals surface area contributed by atoms with Gasteiger partial charge in [-0.25, -0.2) is 13.2 Å². The molecule has 0 saturated heterocycles. The van der Waals surface area contributed by atoms with E-state index in [1.54, 1.807) is 7.11 Å². The van der Waals surface area contributed by atoms with Crippen LogP contribution in [0.15, 0.2) is 108 Å². The molecular weight excluding hydrogens is 522 g/mol. The first-order chi connectivity index (χ1) is 19.3. The molecule has 0 spiro atoms. The van der Waals surface area contributed by atoms with Crippen LogP contribution in [0.3, 0.4) is 0 Å². The molecule has 0 N–H and O–H groups in total. The van der Waals surface area contributed by atoms with E-state index in [1.165, 1.54) is 31.4 Å². The Morgan fingerprint density at radius 1 is 0.825 bits per heavy atom. The number of methoxy groups -OCH3 is 2. The van der Waals surface area contributed by atoms with E-state index < -0.39 is 15.8 Å². The summed E-state index contributed by atoms with van der Waals surface area (Å²) in [7, 11) is -0.695. The van der Waals surface area contributed by atoms with Crippen molar-refractivity contribution in [1.29, 1.82) is 0 Å². The molecule has 5 aromatic rings. The first kappa shape index (κ1) is 27.2. The van der Waals surface area contributed by atoms with Crippen LogP contribution in [-0.4, -0.2) is 38.9 Å². The van der Waals surface area contributed by atoms with Gasteiger partial charge in [0.1, 0.15) is 5.75 Å². The van der Waals surface area contributed by atoms with Gasteiger partial charge in [-0.3, -0.25) is 0 Å². The smallest absolute Gasteiger partial charge is 0.337 e. The first-order valence-corrected chi connectivity index (χ1v) is 14.7. The number of benzene rings is 4. The van der Waals surface area contributed by atoms with Crippen LogP contribution >= 0.6 is 0 Å². The summed E-state index contributed by atoms with van der Waals surface area (Å²) in [5.74, 6) is 0.124. The van der Waals surface area contributed by atoms with Gasteiger partial charge in [0, 0.05) is 16.6 Å². The van der Waals surface area contributed by atoms with Crippen molar-refractivity contribution in [3.05, 3.63) is 131 Å². The molecule has 4 aromatic carbocycles. The van der Waals surface area contributed by atoms with Gasteiger partial charge in [-0.05, 0) is 72.5 Å². The number of aryl methyl sites for hydroxylation is 1. The van der Waals surface area contributed by atoms with E-state index in [4.69, 9.17) is 9.47 Å². The Kier molecular flexibility index (Phi) is 7.76. The second-order valence-electron chi connectivity index (χ2n) is 9.63. The zero-order valence-electron chi connectivity index (χ0n) is 22.7. The highest BCUT2D eigenvalue weighted by molar-refractivity contribution is 7.91. The summed E-state index contributed by atoms with van der Waals surface area (Å²) in [4.78, 5) is 11.9. The molecule has 1 heterocycles. The number of esters is 1. The third-order valence-electron chi connectivity index (χ3n) is 7.33. The predicted molar refractivity (Wildman–Crippen MR) is 157 cm³/mol. The van der Waals surface area contributed by atoms with Gasteiger partial charge in [0.25, 0.3) is 0 Å². The molecule has 0 aliphatic heterocycles. The molecule has 7 heteroatoms. The standard InChI is InChI=1S/C33H31NO5S/c1-23-29(20-21-40(36,37)28-17-14-26(15-18-28)33(35)39-3)30-22-27(38-2)16-19-31(30)34(23)32(24-10-6-4-7-11-24)25-12-8-5-9-13-25/h4-19,22,32H,20-21H2,1-3H3. The molecule has 40 heavy (non-hydrogen) atoms. The van der Waals surface area contributed by atoms with Gasteiger partial charge in [0.05, 0.1) is 36.5 Å². The molecule has 0 aliphatic rings. The Hall–Kier alpha value is -4.36. The Morgan fingerprint density at radius 2 is 1.43 bits per heavy atom. The van der Waals surface area contributed by atoms with Gasteiger partial charge in [-0.1, -0.05) is 60.7 Å². The molecule has 0 amide bonds. The highest BCUT2D eigenvalue weighted by Gasteiger charge is 2.25. The lowest BCUT2D eigenvalue weighted by Gasteiger charge is -2.23. The van der Waals surface area contributed by atoms with E-state index in [0.29, 0.717) is 17.7 Å². The number of hydrogen-bond donors (Lipinski definition) is 0. The lowest BCUT2D eigenvalue weighted by Crippen LogP contribution is -2.14. The molecule has 0 saturated carbocycles. The predicted octanol–water partition coefficient (Wildman–Crippen LogP) is 6.40. The molecule has 204 valence electrons. The highest BCUT2D eigenvalue weighted by atomic mass is 32.2. The maximum atomic E-state index is 13.4. The van der Waals surface area contributed by atoms with Crippen molar-refractivity contribution in [2.75, 3.05) is 20.0 Å². The molecule has 0 fully saturated rings. The summed E-state index contributed by atoms with van der Waals surface area (Å²) in [6.07, 6.45) is 0.319. The molecule has 1 aromatic heterocycles. The van der Waals surface area contributed by atoms with Crippen molar-refractivity contribution >= 4 is 26.7 Å². The number of carbonyl (C=O) groups excluding carboxylic acids is 1. The molecule has 0 bridgehead atoms. The fourth-order valence-electron chi connectivity index (χ4n) is 5.29. The molecule has 0 aliphatic carbocycles. The molecule has 5 rings (SSSR count). The van der Waals surface area contributed by atoms with Crippen LogP contribution in [-0.2, 0) is 21.0 Å². The van der Waals surface area contributed by atoms with Gasteiger partial charge >= 0.3 is 5.97 Å². The van der Waals surface area contributed by atoms with Crippen molar-refractivity contribution in [3.8, 4) is 5.75 Å². The number of nitrogens with zero attached hydrogens (tertiary/aromatic N) is 1. The number of fused-ring (bicyclic) bond motifs is 1. The molecular formula is C33H31NO5S. The fourth-order valence-corrected chi connectivity index (χ4v) is 6.55. The van der Waals surface area contributed by atoms with Crippen LogP contribution in [0, 0.1) is 6.92 Å². The average molecular weight is 554 g/mol. The topological polar surface area (TPSA) is 74.6 Å². The minimum Gasteiger partial charge on any atom is -0.497 e. The lowest BCUT2D eigenvalue weighted by molar-refractivity contribution is 0.0600. The average Bonchev–Trinajstić information content (AvgIpc) is 3.27. The summed E-state index contributed by atoms with van der Waals surface area (Å²) in [5.41, 5.74) is 5.53. The van der Waals surface area contributed by atoms with Crippen LogP contribution < -0.4 is 4.74 Å². The monoisotopic (exact) mass is 553 g/mol. The molecule has 0 unspecified atom stereocenters. The van der Waals surface area contributed by atoms with Crippen molar-refractivity contribution in [2.45, 2.75) is 24.3 Å². The number of aromatic nitrogens is 1. The van der Waals surface area contributed by atoms with Gasteiger partial charge < -0.3 is 14.0 Å². The minimum atomic E-state index is -3.62. The van der Waals surface area contributed by atoms with Crippen LogP contribution in [0.1, 0.15) is 38.8 Å². The SMILES string of the molecule is COC(=O)c1ccc(S(=O)(=O)CCc2c(C)n(C(c3ccccc3)c3ccccc3)c3ccc(OC)cc23)cc1. The zero-order chi connectivity index (χ0) is 28.3. The Bertz CT molecular complexity index is 1700. The van der Waals surface area contributed by atoms with E-state index >= 15 is 0 Å². The third kappa shape index (κ3) is 5.25. The third-order valence-corrected chi connectivity index (χ3v) is 9.06. The van der Waals surface area contributed by atoms with Crippen LogP contribution in [0.2, 0.25) is 0 Å². The summed E-state index contributed by atoms with van der Waals surface area (Å²) < 4.78 is 39.3. The summed E-state index contributed by atoms with van der Waals surface area (Å²) in [6.45, 7) is 2.05. The Labute approximate surface area is 234 Å². The number of carbonyl (C=O) groups is 1. The largest absolute Gasteiger partial charge is 0.497 e. The summed E-state index contributed by atoms with van der Waals surface area (Å²) >= 11 is 0. The number of ether oxygens (including phenoxy) is 2. The zero-order valence-corrected chi connectivity index (χ0v) is 23.5. The Balaban J connectivity index is 1.59. The minimum absolute atomic E-state index is 0.0803. The summed E-state index contributed by atoms with van der Waals surface area (Å²) in [6, 6.07) is 32.4. The van der Waals surface area contributed by atoms with Crippen molar-refractivity contribution in [3.63, 3.8) is 0 Å². The van der Waals surface area contributed by atoms with E-state index in [0.717, 1.165) is 33.3 Å². The first-order valence-electron chi connectivity index (χ1n) is 13.0. The lowest BCUT2D eigenvalue weighted by atomic mass is 9.98. The number of sulfone groups is 1. The van der Waals surface area contributed by atoms with E-state index in [1.807, 2.05) is 54.6 Å². The van der Waals surface area contributed by atoms with Gasteiger partial charge in [0.15, 0.2) is 9.84 Å². The van der Waals surface area contributed by atoms with E-state index in [2.05, 4.69) is 35.8 Å². The summed E-state index contributed by atoms with van der Waals surface area (Å²) in [5, 5.41) is 0.963. The van der Waals surface area contributed by atoms with Crippen molar-refractivity contribution in [2.24, 2.45) is 0 Å². The highest BCUT2D eigenvalue weighted by Crippen LogP contribution is 2.37. The maximum absolute atomic E-state index is 13.4. The van der Waals surface area contributed by atoms with E-state index in [-0.39, 0.29) is 16.7 Å². The van der Waals surface area contributed by atoms with E-state index in [9.17, 15) is 13.2 Å². The van der Waals surface area contributed by atoms with Crippen LogP contribution in [0.25, 0.3) is 10.9 Å². The second kappa shape index (κ2) is 11.4. The quantitative estimate of drug-likeness (QED) is 0.198. The van der Waals surface area contributed by atoms with Gasteiger partial charge in [-0.15, -0.1) is 0 Å². The van der Waals surface area contributed by atoms with Gasteiger partial charge in [0.2, 0.25) is 0 Å². The fraction of sp³-hybridized carbons (Fsp3) is 0.182. The van der Waals surface area contributed by atoms with Crippen molar-refractivity contribution in [1.82, 2.24) is 4.57 Å². The number of rotatable bonds is 9. The van der Waals surface area contributed by atoms with Crippen molar-refractivity contribution < 1.29 is 22.7 Å². The number of hydrogen-bond acceptors (Lipinski definition) is 5. The van der Waals surface area contributed by atoms with Crippen LogP contribution in [0.4, 0.5) is 0 Å². The van der Waals surface area contributed by atoms with Crippen LogP contribution in [0.5, 0.6) is 5.75 Å². The normalized spacial score (nSPS) is 11.6. The Morgan fingerprint density at radius 3 is 1.98 bits per heavy atom. The maximum Gasteiger partial charge on any atom is 0.337 e. The second-order valence-corrected chi connectivity index (χ2v) is 11.7. The molecule has 0 radical (unpaired) electrons. The molecule has 6 nitrogen and oxygen atoms in total. The van der Waals surface area contributed by atoms with Gasteiger partial charge in [-0.2, -0.15) is 0 Å².